The molecule has 10 rings (SSSR count). The minimum atomic E-state index is -0.763. The maximum atomic E-state index is 13.5. The van der Waals surface area contributed by atoms with E-state index in [1.54, 1.807) is 0 Å². The second-order valence-corrected chi connectivity index (χ2v) is 27.1. The molecule has 0 unspecified atom stereocenters. The highest BCUT2D eigenvalue weighted by atomic mass is 16.5. The van der Waals surface area contributed by atoms with Crippen LogP contribution in [-0.2, 0) is 48.8 Å². The summed E-state index contributed by atoms with van der Waals surface area (Å²) in [7, 11) is 1.43. The van der Waals surface area contributed by atoms with Crippen LogP contribution in [0.2, 0.25) is 0 Å². The fourth-order valence-corrected chi connectivity index (χ4v) is 12.6. The molecule has 406 valence electrons. The third-order valence-electron chi connectivity index (χ3n) is 19.0. The van der Waals surface area contributed by atoms with E-state index in [1.165, 1.54) is 136 Å². The summed E-state index contributed by atoms with van der Waals surface area (Å²) in [5.74, 6) is -0.137. The molecule has 10 nitrogen and oxygen atoms in total. The Labute approximate surface area is 448 Å². The lowest BCUT2D eigenvalue weighted by Crippen LogP contribution is -2.47. The topological polar surface area (TPSA) is 132 Å². The first-order valence-electron chi connectivity index (χ1n) is 29.1. The van der Waals surface area contributed by atoms with Crippen molar-refractivity contribution in [1.82, 2.24) is 19.8 Å². The number of benzene rings is 2. The van der Waals surface area contributed by atoms with Crippen LogP contribution in [0.25, 0.3) is 11.4 Å². The second-order valence-electron chi connectivity index (χ2n) is 27.1. The van der Waals surface area contributed by atoms with Crippen LogP contribution in [0.1, 0.15) is 236 Å². The minimum absolute atomic E-state index is 0.0270. The van der Waals surface area contributed by atoms with Gasteiger partial charge in [0.1, 0.15) is 0 Å². The molecule has 6 fully saturated rings. The molecular formula is C65H90N4O6. The summed E-state index contributed by atoms with van der Waals surface area (Å²) in [4.78, 5) is 50.0. The smallest absolute Gasteiger partial charge is 0.308 e. The molecule has 0 radical (unpaired) electrons. The fourth-order valence-electron chi connectivity index (χ4n) is 12.6. The SMILES string of the molecule is COC(=O)C1CC(NC(=O)c2cn(-c3cc(C(C)(C)C)cc(C4(C)CC4)c3)c(CC3CCCCC3)c2C)C1.Cc1c(C(=O)NC2CC(C(=O)O)C2)cn(-c2cc(C(C)(C)C)cc(C3(C)CC3)c2)c1CC1CCCCC1. The summed E-state index contributed by atoms with van der Waals surface area (Å²) in [5.41, 5.74) is 14.6. The van der Waals surface area contributed by atoms with Gasteiger partial charge in [0.2, 0.25) is 0 Å². The summed E-state index contributed by atoms with van der Waals surface area (Å²) in [6.07, 6.45) is 26.4. The first-order chi connectivity index (χ1) is 35.4. The first-order valence-corrected chi connectivity index (χ1v) is 29.1. The highest BCUT2D eigenvalue weighted by molar-refractivity contribution is 5.97. The molecular weight excluding hydrogens is 933 g/mol. The number of nitrogens with zero attached hydrogens (tertiary/aromatic N) is 2. The third-order valence-corrected chi connectivity index (χ3v) is 19.0. The van der Waals surface area contributed by atoms with Crippen molar-refractivity contribution in [3.63, 3.8) is 0 Å². The molecule has 0 spiro atoms. The molecule has 0 aliphatic heterocycles. The minimum Gasteiger partial charge on any atom is -0.481 e. The van der Waals surface area contributed by atoms with Crippen LogP contribution in [-0.4, -0.2) is 57.2 Å². The van der Waals surface area contributed by atoms with E-state index in [-0.39, 0.29) is 63.4 Å². The number of carbonyl (C=O) groups is 4. The van der Waals surface area contributed by atoms with Crippen LogP contribution >= 0.6 is 0 Å². The number of esters is 1. The van der Waals surface area contributed by atoms with Gasteiger partial charge in [-0.2, -0.15) is 0 Å². The van der Waals surface area contributed by atoms with Crippen molar-refractivity contribution in [3.05, 3.63) is 105 Å². The number of aliphatic carboxylic acids is 1. The van der Waals surface area contributed by atoms with Gasteiger partial charge in [-0.15, -0.1) is 0 Å². The van der Waals surface area contributed by atoms with Crippen molar-refractivity contribution in [3.8, 4) is 11.4 Å². The largest absolute Gasteiger partial charge is 0.481 e. The molecule has 0 atom stereocenters. The van der Waals surface area contributed by atoms with E-state index in [9.17, 15) is 24.3 Å². The molecule has 0 saturated heterocycles. The highest BCUT2D eigenvalue weighted by Gasteiger charge is 2.42. The van der Waals surface area contributed by atoms with Crippen molar-refractivity contribution in [2.24, 2.45) is 23.7 Å². The number of amides is 2. The first kappa shape index (κ1) is 54.7. The van der Waals surface area contributed by atoms with Crippen LogP contribution in [0.3, 0.4) is 0 Å². The van der Waals surface area contributed by atoms with Crippen LogP contribution in [0.5, 0.6) is 0 Å². The predicted molar refractivity (Wildman–Crippen MR) is 300 cm³/mol. The van der Waals surface area contributed by atoms with E-state index in [2.05, 4.69) is 138 Å². The Kier molecular flexibility index (Phi) is 15.6. The van der Waals surface area contributed by atoms with E-state index in [0.29, 0.717) is 37.5 Å². The van der Waals surface area contributed by atoms with Gasteiger partial charge in [0.15, 0.2) is 0 Å². The number of hydrogen-bond donors (Lipinski definition) is 3. The van der Waals surface area contributed by atoms with Gasteiger partial charge in [0, 0.05) is 47.2 Å². The monoisotopic (exact) mass is 1020 g/mol. The van der Waals surface area contributed by atoms with Gasteiger partial charge >= 0.3 is 11.9 Å². The van der Waals surface area contributed by atoms with Crippen LogP contribution < -0.4 is 10.6 Å². The summed E-state index contributed by atoms with van der Waals surface area (Å²) in [5, 5.41) is 15.5. The Morgan fingerprint density at radius 1 is 0.587 bits per heavy atom. The zero-order chi connectivity index (χ0) is 53.8. The average molecular weight is 1020 g/mol. The van der Waals surface area contributed by atoms with Crippen molar-refractivity contribution in [2.75, 3.05) is 7.11 Å². The number of hydrogen-bond acceptors (Lipinski definition) is 5. The quantitative estimate of drug-likeness (QED) is 0.108. The molecule has 6 aliphatic rings. The third kappa shape index (κ3) is 12.2. The standard InChI is InChI=1S/C33H46N2O3.C32H44N2O3/c1-21-28(30(36)34-26-15-23(16-26)31(37)38-6)20-35(29(21)14-22-10-8-7-9-11-22)27-18-24(32(2,3)4)17-25(19-27)33(5)12-13-33;1-20-27(29(35)33-25-14-22(15-25)30(36)37)19-34(28(20)13-21-9-7-6-8-10-21)26-17-23(31(2,3)4)16-24(18-26)32(5)11-12-32/h17-20,22-23,26H,7-16H2,1-6H3,(H,34,36);16-19,21-22,25H,6-15H2,1-5H3,(H,33,35)(H,36,37). The molecule has 4 aromatic rings. The van der Waals surface area contributed by atoms with Crippen molar-refractivity contribution < 1.29 is 29.0 Å². The van der Waals surface area contributed by atoms with Crippen LogP contribution in [0, 0.1) is 37.5 Å². The molecule has 6 aliphatic carbocycles. The lowest BCUT2D eigenvalue weighted by atomic mass is 9.80. The van der Waals surface area contributed by atoms with Crippen LogP contribution in [0.15, 0.2) is 48.8 Å². The van der Waals surface area contributed by atoms with Gasteiger partial charge in [-0.3, -0.25) is 19.2 Å². The zero-order valence-electron chi connectivity index (χ0n) is 47.6. The lowest BCUT2D eigenvalue weighted by molar-refractivity contribution is -0.149. The number of methoxy groups -OCH3 is 1. The van der Waals surface area contributed by atoms with Gasteiger partial charge in [0.25, 0.3) is 11.8 Å². The fraction of sp³-hybridized carbons (Fsp3) is 0.631. The van der Waals surface area contributed by atoms with E-state index in [0.717, 1.165) is 40.8 Å². The molecule has 0 bridgehead atoms. The molecule has 2 aromatic carbocycles. The molecule has 3 N–H and O–H groups in total. The number of nitrogens with one attached hydrogen (secondary N) is 2. The predicted octanol–water partition coefficient (Wildman–Crippen LogP) is 13.8. The maximum absolute atomic E-state index is 13.5. The number of carboxylic acid groups (broad SMARTS) is 1. The molecule has 10 heteroatoms. The Morgan fingerprint density at radius 2 is 0.960 bits per heavy atom. The lowest BCUT2D eigenvalue weighted by Gasteiger charge is -2.33. The van der Waals surface area contributed by atoms with Crippen molar-refractivity contribution >= 4 is 23.8 Å². The average Bonchev–Trinajstić information content (AvgIpc) is 4.24. The number of rotatable bonds is 14. The van der Waals surface area contributed by atoms with Crippen molar-refractivity contribution in [1.29, 1.82) is 0 Å². The van der Waals surface area contributed by atoms with Gasteiger partial charge < -0.3 is 29.6 Å². The molecule has 75 heavy (non-hydrogen) atoms. The Bertz CT molecular complexity index is 2720. The Hall–Kier alpha value is -5.12. The normalized spacial score (nSPS) is 23.2. The van der Waals surface area contributed by atoms with Crippen LogP contribution in [0.4, 0.5) is 0 Å². The molecule has 2 amide bonds. The Morgan fingerprint density at radius 3 is 1.29 bits per heavy atom. The van der Waals surface area contributed by atoms with Crippen molar-refractivity contribution in [2.45, 2.75) is 231 Å². The second kappa shape index (κ2) is 21.4. The van der Waals surface area contributed by atoms with E-state index < -0.39 is 5.97 Å². The summed E-state index contributed by atoms with van der Waals surface area (Å²) in [6.45, 7) is 22.6. The summed E-state index contributed by atoms with van der Waals surface area (Å²) < 4.78 is 9.51. The van der Waals surface area contributed by atoms with Gasteiger partial charge in [-0.05, 0) is 169 Å². The Balaban J connectivity index is 0.000000184. The van der Waals surface area contributed by atoms with Gasteiger partial charge in [0.05, 0.1) is 30.1 Å². The highest BCUT2D eigenvalue weighted by Crippen LogP contribution is 2.50. The molecule has 2 aromatic heterocycles. The summed E-state index contributed by atoms with van der Waals surface area (Å²) in [6, 6.07) is 14.2. The van der Waals surface area contributed by atoms with Gasteiger partial charge in [-0.25, -0.2) is 0 Å². The van der Waals surface area contributed by atoms with Gasteiger partial charge in [-0.1, -0.05) is 132 Å². The van der Waals surface area contributed by atoms with E-state index in [4.69, 9.17) is 4.74 Å². The van der Waals surface area contributed by atoms with E-state index in [1.807, 2.05) is 0 Å². The zero-order valence-corrected chi connectivity index (χ0v) is 47.6. The molecule has 2 heterocycles. The van der Waals surface area contributed by atoms with E-state index >= 15 is 0 Å². The summed E-state index contributed by atoms with van der Waals surface area (Å²) >= 11 is 0. The number of carbonyl (C=O) groups excluding carboxylic acids is 3. The number of carboxylic acids is 1. The number of ether oxygens (including phenoxy) is 1. The maximum Gasteiger partial charge on any atom is 0.308 e. The molecule has 6 saturated carbocycles. The number of aromatic nitrogens is 2.